The lowest BCUT2D eigenvalue weighted by atomic mass is 10.1. The molecule has 0 saturated carbocycles. The number of nitrogens with one attached hydrogen (secondary N) is 1. The minimum absolute atomic E-state index is 0.0985. The Hall–Kier alpha value is -1.73. The molecule has 1 atom stereocenters. The standard InChI is InChI=1S/C15H19N3O3S/c19-14-4-3-13(16-17-14)15(20)18(8-11-5-7-22-10-11)9-12-2-1-6-21-12/h5,7,10,12H,1-4,6,8-9H2,(H,17,19)/t12-/m1/s1. The lowest BCUT2D eigenvalue weighted by Gasteiger charge is -2.26. The fraction of sp³-hybridized carbons (Fsp3) is 0.533. The van der Waals surface area contributed by atoms with Gasteiger partial charge in [-0.25, -0.2) is 5.43 Å². The van der Waals surface area contributed by atoms with Crippen molar-refractivity contribution < 1.29 is 14.3 Å². The van der Waals surface area contributed by atoms with Crippen LogP contribution in [0, 0.1) is 0 Å². The quantitative estimate of drug-likeness (QED) is 0.894. The zero-order valence-corrected chi connectivity index (χ0v) is 13.1. The first kappa shape index (κ1) is 15.2. The van der Waals surface area contributed by atoms with E-state index in [2.05, 4.69) is 10.5 Å². The third-order valence-electron chi connectivity index (χ3n) is 3.84. The van der Waals surface area contributed by atoms with E-state index in [0.717, 1.165) is 25.0 Å². The van der Waals surface area contributed by atoms with E-state index >= 15 is 0 Å². The van der Waals surface area contributed by atoms with Gasteiger partial charge < -0.3 is 9.64 Å². The number of hydrazone groups is 1. The van der Waals surface area contributed by atoms with Gasteiger partial charge in [-0.15, -0.1) is 0 Å². The van der Waals surface area contributed by atoms with Gasteiger partial charge >= 0.3 is 0 Å². The van der Waals surface area contributed by atoms with Gasteiger partial charge in [-0.1, -0.05) is 0 Å². The van der Waals surface area contributed by atoms with Gasteiger partial charge in [-0.05, 0) is 35.2 Å². The van der Waals surface area contributed by atoms with E-state index in [4.69, 9.17) is 4.74 Å². The summed E-state index contributed by atoms with van der Waals surface area (Å²) in [5.41, 5.74) is 3.92. The highest BCUT2D eigenvalue weighted by atomic mass is 32.1. The molecular weight excluding hydrogens is 302 g/mol. The maximum absolute atomic E-state index is 12.7. The van der Waals surface area contributed by atoms with Gasteiger partial charge in [0.2, 0.25) is 5.91 Å². The number of rotatable bonds is 5. The van der Waals surface area contributed by atoms with Crippen molar-refractivity contribution in [2.24, 2.45) is 5.10 Å². The summed E-state index contributed by atoms with van der Waals surface area (Å²) < 4.78 is 5.66. The molecule has 1 N–H and O–H groups in total. The molecule has 118 valence electrons. The van der Waals surface area contributed by atoms with Crippen molar-refractivity contribution in [2.75, 3.05) is 13.2 Å². The summed E-state index contributed by atoms with van der Waals surface area (Å²) in [7, 11) is 0. The molecule has 2 amide bonds. The van der Waals surface area contributed by atoms with Crippen LogP contribution in [0.1, 0.15) is 31.2 Å². The second-order valence-electron chi connectivity index (χ2n) is 5.55. The van der Waals surface area contributed by atoms with Crippen LogP contribution >= 0.6 is 11.3 Å². The average Bonchev–Trinajstić information content (AvgIpc) is 3.20. The summed E-state index contributed by atoms with van der Waals surface area (Å²) in [6.07, 6.45) is 2.84. The molecule has 1 aromatic heterocycles. The number of ether oxygens (including phenoxy) is 1. The van der Waals surface area contributed by atoms with Crippen molar-refractivity contribution in [3.8, 4) is 0 Å². The second-order valence-corrected chi connectivity index (χ2v) is 6.33. The van der Waals surface area contributed by atoms with Crippen LogP contribution in [-0.2, 0) is 20.9 Å². The number of thiophene rings is 1. The molecule has 2 aliphatic heterocycles. The maximum atomic E-state index is 12.7. The van der Waals surface area contributed by atoms with Crippen LogP contribution in [0.4, 0.5) is 0 Å². The molecule has 7 heteroatoms. The highest BCUT2D eigenvalue weighted by Gasteiger charge is 2.27. The third-order valence-corrected chi connectivity index (χ3v) is 4.57. The van der Waals surface area contributed by atoms with Crippen molar-refractivity contribution in [3.63, 3.8) is 0 Å². The Morgan fingerprint density at radius 1 is 1.50 bits per heavy atom. The van der Waals surface area contributed by atoms with E-state index in [0.29, 0.717) is 31.6 Å². The van der Waals surface area contributed by atoms with E-state index in [1.165, 1.54) is 0 Å². The molecule has 1 fully saturated rings. The van der Waals surface area contributed by atoms with Crippen LogP contribution in [-0.4, -0.2) is 41.7 Å². The number of carbonyl (C=O) groups is 2. The van der Waals surface area contributed by atoms with Gasteiger partial charge in [0.1, 0.15) is 5.71 Å². The number of hydrogen-bond donors (Lipinski definition) is 1. The first-order valence-corrected chi connectivity index (χ1v) is 8.44. The smallest absolute Gasteiger partial charge is 0.270 e. The van der Waals surface area contributed by atoms with Crippen LogP contribution in [0.15, 0.2) is 21.9 Å². The molecule has 2 aliphatic rings. The molecule has 22 heavy (non-hydrogen) atoms. The number of amides is 2. The molecule has 0 bridgehead atoms. The number of nitrogens with zero attached hydrogens (tertiary/aromatic N) is 2. The van der Waals surface area contributed by atoms with Crippen molar-refractivity contribution >= 4 is 28.9 Å². The van der Waals surface area contributed by atoms with Crippen molar-refractivity contribution in [2.45, 2.75) is 38.3 Å². The minimum atomic E-state index is -0.139. The van der Waals surface area contributed by atoms with E-state index in [-0.39, 0.29) is 17.9 Å². The summed E-state index contributed by atoms with van der Waals surface area (Å²) in [5.74, 6) is -0.248. The van der Waals surface area contributed by atoms with Gasteiger partial charge in [-0.3, -0.25) is 9.59 Å². The fourth-order valence-electron chi connectivity index (χ4n) is 2.67. The second kappa shape index (κ2) is 7.02. The lowest BCUT2D eigenvalue weighted by molar-refractivity contribution is -0.126. The SMILES string of the molecule is O=C1CCC(C(=O)N(Cc2ccsc2)C[C@H]2CCCO2)=NN1. The van der Waals surface area contributed by atoms with Crippen molar-refractivity contribution in [1.82, 2.24) is 10.3 Å². The number of carbonyl (C=O) groups excluding carboxylic acids is 2. The van der Waals surface area contributed by atoms with Gasteiger partial charge in [0.25, 0.3) is 5.91 Å². The Morgan fingerprint density at radius 3 is 3.05 bits per heavy atom. The van der Waals surface area contributed by atoms with Crippen LogP contribution in [0.3, 0.4) is 0 Å². The van der Waals surface area contributed by atoms with Crippen LogP contribution < -0.4 is 5.43 Å². The first-order chi connectivity index (χ1) is 10.7. The Labute approximate surface area is 133 Å². The van der Waals surface area contributed by atoms with Gasteiger partial charge in [0.05, 0.1) is 6.10 Å². The summed E-state index contributed by atoms with van der Waals surface area (Å²) in [4.78, 5) is 25.7. The zero-order chi connectivity index (χ0) is 15.4. The molecule has 0 aromatic carbocycles. The molecular formula is C15H19N3O3S. The topological polar surface area (TPSA) is 71.0 Å². The molecule has 3 heterocycles. The fourth-order valence-corrected chi connectivity index (χ4v) is 3.33. The van der Waals surface area contributed by atoms with Gasteiger partial charge in [-0.2, -0.15) is 16.4 Å². The van der Waals surface area contributed by atoms with Crippen LogP contribution in [0.2, 0.25) is 0 Å². The molecule has 0 unspecified atom stereocenters. The highest BCUT2D eigenvalue weighted by Crippen LogP contribution is 2.17. The monoisotopic (exact) mass is 321 g/mol. The van der Waals surface area contributed by atoms with Gasteiger partial charge in [0, 0.05) is 32.5 Å². The first-order valence-electron chi connectivity index (χ1n) is 7.50. The molecule has 1 saturated heterocycles. The predicted molar refractivity (Wildman–Crippen MR) is 83.5 cm³/mol. The summed E-state index contributed by atoms with van der Waals surface area (Å²) in [6.45, 7) is 1.89. The minimum Gasteiger partial charge on any atom is -0.376 e. The lowest BCUT2D eigenvalue weighted by Crippen LogP contribution is -2.43. The molecule has 6 nitrogen and oxygen atoms in total. The number of hydrogen-bond acceptors (Lipinski definition) is 5. The van der Waals surface area contributed by atoms with E-state index in [9.17, 15) is 9.59 Å². The Bertz CT molecular complexity index is 565. The molecule has 0 radical (unpaired) electrons. The van der Waals surface area contributed by atoms with E-state index < -0.39 is 0 Å². The molecule has 1 aromatic rings. The largest absolute Gasteiger partial charge is 0.376 e. The van der Waals surface area contributed by atoms with Crippen LogP contribution in [0.5, 0.6) is 0 Å². The highest BCUT2D eigenvalue weighted by molar-refractivity contribution is 7.07. The zero-order valence-electron chi connectivity index (χ0n) is 12.3. The van der Waals surface area contributed by atoms with E-state index in [1.807, 2.05) is 16.8 Å². The normalized spacial score (nSPS) is 21.4. The summed E-state index contributed by atoms with van der Waals surface area (Å²) in [6, 6.07) is 2.02. The van der Waals surface area contributed by atoms with Crippen molar-refractivity contribution in [3.05, 3.63) is 22.4 Å². The molecule has 3 rings (SSSR count). The van der Waals surface area contributed by atoms with Gasteiger partial charge in [0.15, 0.2) is 0 Å². The third kappa shape index (κ3) is 3.72. The molecule has 0 aliphatic carbocycles. The molecule has 0 spiro atoms. The van der Waals surface area contributed by atoms with Crippen LogP contribution in [0.25, 0.3) is 0 Å². The summed E-state index contributed by atoms with van der Waals surface area (Å²) in [5, 5.41) is 7.97. The Morgan fingerprint density at radius 2 is 2.41 bits per heavy atom. The summed E-state index contributed by atoms with van der Waals surface area (Å²) >= 11 is 1.62. The maximum Gasteiger partial charge on any atom is 0.270 e. The Kier molecular flexibility index (Phi) is 4.84. The van der Waals surface area contributed by atoms with E-state index in [1.54, 1.807) is 16.2 Å². The Balaban J connectivity index is 1.71. The van der Waals surface area contributed by atoms with Crippen molar-refractivity contribution in [1.29, 1.82) is 0 Å². The average molecular weight is 321 g/mol. The predicted octanol–water partition coefficient (Wildman–Crippen LogP) is 1.52.